The number of nitrogens with zero attached hydrogens (tertiary/aromatic N) is 5. The monoisotopic (exact) mass is 394 g/mol. The van der Waals surface area contributed by atoms with Gasteiger partial charge in [-0.25, -0.2) is 5.43 Å². The third kappa shape index (κ3) is 4.98. The lowest BCUT2D eigenvalue weighted by Crippen LogP contribution is -2.19. The predicted molar refractivity (Wildman–Crippen MR) is 114 cm³/mol. The number of hydrogen-bond donors (Lipinski definition) is 1. The van der Waals surface area contributed by atoms with E-state index in [-0.39, 0.29) is 11.7 Å². The molecule has 0 fully saturated rings. The SMILES string of the molecule is CN(C)c1ccc(C=NNC(=O)CSc2nnc(-c3ccccc3)n2C)cc1. The largest absolute Gasteiger partial charge is 0.378 e. The maximum Gasteiger partial charge on any atom is 0.250 e. The van der Waals surface area contributed by atoms with Crippen LogP contribution in [0.15, 0.2) is 64.9 Å². The van der Waals surface area contributed by atoms with E-state index >= 15 is 0 Å². The Labute approximate surface area is 168 Å². The van der Waals surface area contributed by atoms with Crippen LogP contribution in [0.25, 0.3) is 11.4 Å². The Morgan fingerprint density at radius 3 is 2.54 bits per heavy atom. The second-order valence-electron chi connectivity index (χ2n) is 6.30. The third-order valence-corrected chi connectivity index (χ3v) is 5.03. The summed E-state index contributed by atoms with van der Waals surface area (Å²) < 4.78 is 1.88. The number of anilines is 1. The van der Waals surface area contributed by atoms with Crippen LogP contribution in [-0.4, -0.2) is 46.7 Å². The molecule has 3 aromatic rings. The van der Waals surface area contributed by atoms with Crippen molar-refractivity contribution in [2.75, 3.05) is 24.7 Å². The molecule has 0 aliphatic carbocycles. The summed E-state index contributed by atoms with van der Waals surface area (Å²) >= 11 is 1.32. The first-order valence-electron chi connectivity index (χ1n) is 8.71. The number of benzene rings is 2. The maximum atomic E-state index is 12.0. The number of amides is 1. The number of carbonyl (C=O) groups is 1. The van der Waals surface area contributed by atoms with Crippen LogP contribution in [-0.2, 0) is 11.8 Å². The molecule has 144 valence electrons. The van der Waals surface area contributed by atoms with Crippen LogP contribution >= 0.6 is 11.8 Å². The lowest BCUT2D eigenvalue weighted by atomic mass is 10.2. The van der Waals surface area contributed by atoms with Crippen LogP contribution < -0.4 is 10.3 Å². The molecule has 0 aliphatic rings. The number of nitrogens with one attached hydrogen (secondary N) is 1. The van der Waals surface area contributed by atoms with Gasteiger partial charge in [0.2, 0.25) is 0 Å². The number of hydrogen-bond acceptors (Lipinski definition) is 6. The van der Waals surface area contributed by atoms with Crippen molar-refractivity contribution >= 4 is 29.6 Å². The van der Waals surface area contributed by atoms with Gasteiger partial charge >= 0.3 is 0 Å². The van der Waals surface area contributed by atoms with Crippen molar-refractivity contribution in [1.29, 1.82) is 0 Å². The molecule has 0 saturated carbocycles. The second-order valence-corrected chi connectivity index (χ2v) is 7.24. The molecule has 1 heterocycles. The summed E-state index contributed by atoms with van der Waals surface area (Å²) in [5, 5.41) is 13.1. The topological polar surface area (TPSA) is 75.4 Å². The average molecular weight is 395 g/mol. The van der Waals surface area contributed by atoms with Crippen molar-refractivity contribution in [3.8, 4) is 11.4 Å². The lowest BCUT2D eigenvalue weighted by molar-refractivity contribution is -0.118. The van der Waals surface area contributed by atoms with E-state index in [1.54, 1.807) is 6.21 Å². The van der Waals surface area contributed by atoms with E-state index in [2.05, 4.69) is 20.7 Å². The minimum absolute atomic E-state index is 0.199. The Morgan fingerprint density at radius 1 is 1.14 bits per heavy atom. The van der Waals surface area contributed by atoms with Crippen molar-refractivity contribution in [3.63, 3.8) is 0 Å². The first-order chi connectivity index (χ1) is 13.5. The molecule has 3 rings (SSSR count). The molecular weight excluding hydrogens is 372 g/mol. The number of hydrazone groups is 1. The van der Waals surface area contributed by atoms with E-state index in [9.17, 15) is 4.79 Å². The van der Waals surface area contributed by atoms with E-state index in [4.69, 9.17) is 0 Å². The molecule has 0 unspecified atom stereocenters. The van der Waals surface area contributed by atoms with E-state index < -0.39 is 0 Å². The molecule has 0 aliphatic heterocycles. The fourth-order valence-corrected chi connectivity index (χ4v) is 3.18. The first-order valence-corrected chi connectivity index (χ1v) is 9.70. The molecule has 1 amide bonds. The fraction of sp³-hybridized carbons (Fsp3) is 0.200. The average Bonchev–Trinajstić information content (AvgIpc) is 3.08. The maximum absolute atomic E-state index is 12.0. The zero-order valence-electron chi connectivity index (χ0n) is 16.0. The zero-order valence-corrected chi connectivity index (χ0v) is 16.8. The standard InChI is InChI=1S/C20H22N6OS/c1-25(2)17-11-9-15(10-12-17)13-21-22-18(27)14-28-20-24-23-19(26(20)3)16-7-5-4-6-8-16/h4-13H,14H2,1-3H3,(H,22,27). The predicted octanol–water partition coefficient (Wildman–Crippen LogP) is 2.79. The Morgan fingerprint density at radius 2 is 1.86 bits per heavy atom. The molecule has 0 atom stereocenters. The molecule has 1 N–H and O–H groups in total. The molecule has 28 heavy (non-hydrogen) atoms. The smallest absolute Gasteiger partial charge is 0.250 e. The molecule has 0 bridgehead atoms. The van der Waals surface area contributed by atoms with Gasteiger partial charge in [0.25, 0.3) is 5.91 Å². The molecule has 0 saturated heterocycles. The van der Waals surface area contributed by atoms with E-state index in [0.717, 1.165) is 22.6 Å². The third-order valence-electron chi connectivity index (χ3n) is 4.01. The van der Waals surface area contributed by atoms with Gasteiger partial charge in [-0.3, -0.25) is 4.79 Å². The van der Waals surface area contributed by atoms with Crippen LogP contribution in [0.2, 0.25) is 0 Å². The van der Waals surface area contributed by atoms with Crippen LogP contribution in [0.5, 0.6) is 0 Å². The molecule has 7 nitrogen and oxygen atoms in total. The molecule has 8 heteroatoms. The van der Waals surface area contributed by atoms with E-state index in [0.29, 0.717) is 5.16 Å². The Kier molecular flexibility index (Phi) is 6.44. The van der Waals surface area contributed by atoms with Gasteiger partial charge in [-0.2, -0.15) is 5.10 Å². The van der Waals surface area contributed by atoms with Crippen LogP contribution in [0.1, 0.15) is 5.56 Å². The highest BCUT2D eigenvalue weighted by Crippen LogP contribution is 2.22. The lowest BCUT2D eigenvalue weighted by Gasteiger charge is -2.11. The quantitative estimate of drug-likeness (QED) is 0.379. The van der Waals surface area contributed by atoms with Crippen LogP contribution in [0.3, 0.4) is 0 Å². The minimum atomic E-state index is -0.199. The van der Waals surface area contributed by atoms with Crippen LogP contribution in [0.4, 0.5) is 5.69 Å². The van der Waals surface area contributed by atoms with Gasteiger partial charge in [0, 0.05) is 32.4 Å². The van der Waals surface area contributed by atoms with Gasteiger partial charge in [0.05, 0.1) is 12.0 Å². The molecule has 2 aromatic carbocycles. The highest BCUT2D eigenvalue weighted by molar-refractivity contribution is 7.99. The van der Waals surface area contributed by atoms with Gasteiger partial charge in [-0.15, -0.1) is 10.2 Å². The van der Waals surface area contributed by atoms with Crippen molar-refractivity contribution in [2.24, 2.45) is 12.1 Å². The second kappa shape index (κ2) is 9.18. The summed E-state index contributed by atoms with van der Waals surface area (Å²) in [7, 11) is 5.86. The van der Waals surface area contributed by atoms with Gasteiger partial charge < -0.3 is 9.47 Å². The highest BCUT2D eigenvalue weighted by atomic mass is 32.2. The molecule has 1 aromatic heterocycles. The number of rotatable bonds is 7. The van der Waals surface area contributed by atoms with E-state index in [1.807, 2.05) is 85.2 Å². The molecular formula is C20H22N6OS. The first kappa shape index (κ1) is 19.6. The molecule has 0 spiro atoms. The fourth-order valence-electron chi connectivity index (χ4n) is 2.48. The van der Waals surface area contributed by atoms with E-state index in [1.165, 1.54) is 11.8 Å². The Bertz CT molecular complexity index is 951. The summed E-state index contributed by atoms with van der Waals surface area (Å²) in [6, 6.07) is 17.7. The summed E-state index contributed by atoms with van der Waals surface area (Å²) in [6.07, 6.45) is 1.62. The summed E-state index contributed by atoms with van der Waals surface area (Å²) in [5.74, 6) is 0.774. The van der Waals surface area contributed by atoms with Crippen molar-refractivity contribution in [3.05, 3.63) is 60.2 Å². The Hall–Kier alpha value is -3.13. The summed E-state index contributed by atoms with van der Waals surface area (Å²) in [5.41, 5.74) is 5.55. The van der Waals surface area contributed by atoms with Crippen molar-refractivity contribution in [1.82, 2.24) is 20.2 Å². The normalized spacial score (nSPS) is 11.0. The summed E-state index contributed by atoms with van der Waals surface area (Å²) in [6.45, 7) is 0. The number of thioether (sulfide) groups is 1. The van der Waals surface area contributed by atoms with Crippen molar-refractivity contribution < 1.29 is 4.79 Å². The number of carbonyl (C=O) groups excluding carboxylic acids is 1. The van der Waals surface area contributed by atoms with Crippen LogP contribution in [0, 0.1) is 0 Å². The van der Waals surface area contributed by atoms with Gasteiger partial charge in [0.15, 0.2) is 11.0 Å². The highest BCUT2D eigenvalue weighted by Gasteiger charge is 2.12. The van der Waals surface area contributed by atoms with Crippen molar-refractivity contribution in [2.45, 2.75) is 5.16 Å². The van der Waals surface area contributed by atoms with Gasteiger partial charge in [-0.05, 0) is 17.7 Å². The van der Waals surface area contributed by atoms with Gasteiger partial charge in [0.1, 0.15) is 0 Å². The molecule has 0 radical (unpaired) electrons. The summed E-state index contributed by atoms with van der Waals surface area (Å²) in [4.78, 5) is 14.1. The zero-order chi connectivity index (χ0) is 19.9. The Balaban J connectivity index is 1.51. The number of aromatic nitrogens is 3. The van der Waals surface area contributed by atoms with Gasteiger partial charge in [-0.1, -0.05) is 54.2 Å². The minimum Gasteiger partial charge on any atom is -0.378 e.